The first-order valence-electron chi connectivity index (χ1n) is 12.9. The monoisotopic (exact) mass is 586 g/mol. The molecule has 8 nitrogen and oxygen atoms in total. The van der Waals surface area contributed by atoms with Gasteiger partial charge >= 0.3 is 0 Å². The molecule has 6 aromatic rings. The summed E-state index contributed by atoms with van der Waals surface area (Å²) < 4.78 is 3.52. The molecule has 0 N–H and O–H groups in total. The van der Waals surface area contributed by atoms with Crippen molar-refractivity contribution in [2.24, 2.45) is 0 Å². The van der Waals surface area contributed by atoms with Crippen molar-refractivity contribution < 1.29 is 0 Å². The van der Waals surface area contributed by atoms with E-state index in [1.807, 2.05) is 85.2 Å². The lowest BCUT2D eigenvalue weighted by Crippen LogP contribution is -2.13. The maximum Gasteiger partial charge on any atom is 0.135 e. The Balaban J connectivity index is 1.38. The minimum Gasteiger partial charge on any atom is -0.240 e. The average molecular weight is 587 g/mol. The summed E-state index contributed by atoms with van der Waals surface area (Å²) in [6.45, 7) is 0. The predicted octanol–water partition coefficient (Wildman–Crippen LogP) is 6.86. The maximum atomic E-state index is 9.26. The third kappa shape index (κ3) is 5.50. The molecule has 2 heterocycles. The lowest BCUT2D eigenvalue weighted by molar-refractivity contribution is 0.571. The standard InChI is InChI=1S/C32H20Cl2N8/c33-27-13-9-25(10-14-27)32(26-11-15-28(34)16-12-26)42-20-30(38-40-42)29-19-41(39-37-29)31(23-5-1-21(17-35)2-6-23)24-7-3-22(18-36)4-8-24/h1-16,19-20,31-32H. The van der Waals surface area contributed by atoms with E-state index in [4.69, 9.17) is 23.2 Å². The normalized spacial score (nSPS) is 11.0. The molecular formula is C32H20Cl2N8. The van der Waals surface area contributed by atoms with Crippen LogP contribution >= 0.6 is 23.2 Å². The van der Waals surface area contributed by atoms with Gasteiger partial charge < -0.3 is 0 Å². The van der Waals surface area contributed by atoms with E-state index in [2.05, 4.69) is 32.8 Å². The predicted molar refractivity (Wildman–Crippen MR) is 159 cm³/mol. The number of halogens is 2. The van der Waals surface area contributed by atoms with Crippen LogP contribution in [-0.4, -0.2) is 30.0 Å². The number of nitriles is 2. The van der Waals surface area contributed by atoms with Crippen molar-refractivity contribution in [3.05, 3.63) is 153 Å². The summed E-state index contributed by atoms with van der Waals surface area (Å²) in [4.78, 5) is 0. The lowest BCUT2D eigenvalue weighted by atomic mass is 9.97. The molecule has 0 saturated carbocycles. The van der Waals surface area contributed by atoms with Gasteiger partial charge in [-0.15, -0.1) is 10.2 Å². The first-order chi connectivity index (χ1) is 20.5. The number of nitrogens with zero attached hydrogens (tertiary/aromatic N) is 8. The number of hydrogen-bond acceptors (Lipinski definition) is 6. The molecule has 10 heteroatoms. The van der Waals surface area contributed by atoms with Crippen LogP contribution in [0.3, 0.4) is 0 Å². The Bertz CT molecular complexity index is 1810. The van der Waals surface area contributed by atoms with Gasteiger partial charge in [0.1, 0.15) is 23.5 Å². The minimum absolute atomic E-state index is 0.277. The molecule has 0 unspecified atom stereocenters. The Kier molecular flexibility index (Phi) is 7.49. The van der Waals surface area contributed by atoms with Gasteiger partial charge in [0, 0.05) is 10.0 Å². The number of benzene rings is 4. The summed E-state index contributed by atoms with van der Waals surface area (Å²) in [5, 5.41) is 37.6. The number of aromatic nitrogens is 6. The number of rotatable bonds is 7. The van der Waals surface area contributed by atoms with Gasteiger partial charge in [-0.05, 0) is 70.8 Å². The third-order valence-electron chi connectivity index (χ3n) is 6.89. The molecule has 4 aromatic carbocycles. The molecule has 0 bridgehead atoms. The zero-order valence-electron chi connectivity index (χ0n) is 21.9. The van der Waals surface area contributed by atoms with Gasteiger partial charge in [0.05, 0.1) is 35.7 Å². The first-order valence-corrected chi connectivity index (χ1v) is 13.6. The van der Waals surface area contributed by atoms with Crippen molar-refractivity contribution in [3.63, 3.8) is 0 Å². The highest BCUT2D eigenvalue weighted by atomic mass is 35.5. The van der Waals surface area contributed by atoms with Crippen LogP contribution in [0.2, 0.25) is 10.0 Å². The molecular weight excluding hydrogens is 567 g/mol. The molecule has 0 aliphatic heterocycles. The van der Waals surface area contributed by atoms with Crippen molar-refractivity contribution in [2.75, 3.05) is 0 Å². The van der Waals surface area contributed by atoms with Crippen molar-refractivity contribution >= 4 is 23.2 Å². The van der Waals surface area contributed by atoms with E-state index in [1.165, 1.54) is 0 Å². The van der Waals surface area contributed by atoms with Crippen LogP contribution in [0.4, 0.5) is 0 Å². The molecule has 42 heavy (non-hydrogen) atoms. The van der Waals surface area contributed by atoms with Crippen LogP contribution in [0.5, 0.6) is 0 Å². The van der Waals surface area contributed by atoms with Crippen molar-refractivity contribution in [2.45, 2.75) is 12.1 Å². The topological polar surface area (TPSA) is 109 Å². The Hall–Kier alpha value is -5.28. The molecule has 0 spiro atoms. The van der Waals surface area contributed by atoms with E-state index >= 15 is 0 Å². The van der Waals surface area contributed by atoms with Crippen LogP contribution in [0.25, 0.3) is 11.4 Å². The first kappa shape index (κ1) is 26.9. The van der Waals surface area contributed by atoms with Crippen LogP contribution in [0.1, 0.15) is 45.5 Å². The van der Waals surface area contributed by atoms with E-state index in [1.54, 1.807) is 33.6 Å². The minimum atomic E-state index is -0.349. The average Bonchev–Trinajstić information content (AvgIpc) is 3.71. The SMILES string of the molecule is N#Cc1ccc(C(c2ccc(C#N)cc2)n2cc(-c3cn(C(c4ccc(Cl)cc4)c4ccc(Cl)cc4)nn3)nn2)cc1. The molecule has 0 aliphatic carbocycles. The smallest absolute Gasteiger partial charge is 0.135 e. The Morgan fingerprint density at radius 1 is 0.500 bits per heavy atom. The van der Waals surface area contributed by atoms with Crippen LogP contribution < -0.4 is 0 Å². The highest BCUT2D eigenvalue weighted by Crippen LogP contribution is 2.31. The molecule has 202 valence electrons. The van der Waals surface area contributed by atoms with Gasteiger partial charge in [0.2, 0.25) is 0 Å². The van der Waals surface area contributed by atoms with Crippen molar-refractivity contribution in [1.82, 2.24) is 30.0 Å². The molecule has 0 radical (unpaired) electrons. The molecule has 0 atom stereocenters. The molecule has 0 amide bonds. The van der Waals surface area contributed by atoms with Gasteiger partial charge in [-0.2, -0.15) is 10.5 Å². The maximum absolute atomic E-state index is 9.26. The fraction of sp³-hybridized carbons (Fsp3) is 0.0625. The van der Waals surface area contributed by atoms with E-state index in [0.717, 1.165) is 22.3 Å². The summed E-state index contributed by atoms with van der Waals surface area (Å²) >= 11 is 12.3. The molecule has 0 aliphatic rings. The van der Waals surface area contributed by atoms with E-state index in [0.29, 0.717) is 32.6 Å². The second kappa shape index (κ2) is 11.7. The van der Waals surface area contributed by atoms with Gasteiger partial charge in [0.25, 0.3) is 0 Å². The van der Waals surface area contributed by atoms with Crippen LogP contribution in [-0.2, 0) is 0 Å². The second-order valence-corrected chi connectivity index (χ2v) is 10.4. The van der Waals surface area contributed by atoms with E-state index in [-0.39, 0.29) is 12.1 Å². The zero-order valence-corrected chi connectivity index (χ0v) is 23.4. The molecule has 0 saturated heterocycles. The largest absolute Gasteiger partial charge is 0.240 e. The Labute approximate surface area is 251 Å². The van der Waals surface area contributed by atoms with Crippen molar-refractivity contribution in [3.8, 4) is 23.5 Å². The Morgan fingerprint density at radius 3 is 1.12 bits per heavy atom. The highest BCUT2D eigenvalue weighted by molar-refractivity contribution is 6.30. The summed E-state index contributed by atoms with van der Waals surface area (Å²) in [6.07, 6.45) is 3.65. The fourth-order valence-corrected chi connectivity index (χ4v) is 5.06. The number of hydrogen-bond donors (Lipinski definition) is 0. The molecule has 2 aromatic heterocycles. The van der Waals surface area contributed by atoms with Crippen molar-refractivity contribution in [1.29, 1.82) is 10.5 Å². The highest BCUT2D eigenvalue weighted by Gasteiger charge is 2.22. The summed E-state index contributed by atoms with van der Waals surface area (Å²) in [5.74, 6) is 0. The van der Waals surface area contributed by atoms with E-state index < -0.39 is 0 Å². The van der Waals surface area contributed by atoms with Crippen LogP contribution in [0, 0.1) is 22.7 Å². The fourth-order valence-electron chi connectivity index (χ4n) is 4.81. The van der Waals surface area contributed by atoms with Gasteiger partial charge in [-0.1, -0.05) is 82.2 Å². The van der Waals surface area contributed by atoms with Gasteiger partial charge in [0.15, 0.2) is 0 Å². The van der Waals surface area contributed by atoms with Gasteiger partial charge in [-0.3, -0.25) is 0 Å². The second-order valence-electron chi connectivity index (χ2n) is 9.54. The molecule has 0 fully saturated rings. The zero-order chi connectivity index (χ0) is 29.1. The quantitative estimate of drug-likeness (QED) is 0.202. The summed E-state index contributed by atoms with van der Waals surface area (Å²) in [7, 11) is 0. The summed E-state index contributed by atoms with van der Waals surface area (Å²) in [6, 6.07) is 33.5. The molecule has 6 rings (SSSR count). The van der Waals surface area contributed by atoms with E-state index in [9.17, 15) is 10.5 Å². The van der Waals surface area contributed by atoms with Gasteiger partial charge in [-0.25, -0.2) is 9.36 Å². The lowest BCUT2D eigenvalue weighted by Gasteiger charge is -2.18. The van der Waals surface area contributed by atoms with Crippen LogP contribution in [0.15, 0.2) is 109 Å². The summed E-state index contributed by atoms with van der Waals surface area (Å²) in [5.41, 5.74) is 5.97. The third-order valence-corrected chi connectivity index (χ3v) is 7.40. The Morgan fingerprint density at radius 2 is 0.810 bits per heavy atom.